The Bertz CT molecular complexity index is 481. The van der Waals surface area contributed by atoms with Crippen molar-refractivity contribution >= 4 is 23.6 Å². The van der Waals surface area contributed by atoms with Crippen molar-refractivity contribution in [1.29, 1.82) is 0 Å². The second kappa shape index (κ2) is 6.22. The van der Waals surface area contributed by atoms with Crippen LogP contribution in [-0.2, 0) is 4.79 Å². The highest BCUT2D eigenvalue weighted by Gasteiger charge is 2.28. The Hall–Kier alpha value is -1.32. The predicted octanol–water partition coefficient (Wildman–Crippen LogP) is 2.58. The molecule has 0 unspecified atom stereocenters. The standard InChI is InChI=1S/C15H18ClNO2/c1-17(10-12-8-14(18)9-12)15(19)6-5-11-3-2-4-13(16)7-11/h2-7,12,14,18H,8-10H2,1H3. The number of carbonyl (C=O) groups excluding carboxylic acids is 1. The van der Waals surface area contributed by atoms with Gasteiger partial charge in [0.1, 0.15) is 0 Å². The van der Waals surface area contributed by atoms with Gasteiger partial charge in [0.15, 0.2) is 0 Å². The third-order valence-electron chi connectivity index (χ3n) is 3.39. The summed E-state index contributed by atoms with van der Waals surface area (Å²) in [5.41, 5.74) is 0.910. The SMILES string of the molecule is CN(CC1CC(O)C1)C(=O)C=Cc1cccc(Cl)c1. The lowest BCUT2D eigenvalue weighted by Gasteiger charge is -2.34. The number of amides is 1. The molecule has 1 fully saturated rings. The van der Waals surface area contributed by atoms with E-state index in [0.29, 0.717) is 17.5 Å². The smallest absolute Gasteiger partial charge is 0.246 e. The van der Waals surface area contributed by atoms with Crippen LogP contribution in [0.1, 0.15) is 18.4 Å². The Balaban J connectivity index is 1.86. The van der Waals surface area contributed by atoms with E-state index in [1.807, 2.05) is 18.2 Å². The summed E-state index contributed by atoms with van der Waals surface area (Å²) in [6, 6.07) is 7.37. The minimum absolute atomic E-state index is 0.0265. The molecule has 1 aromatic carbocycles. The Kier molecular flexibility index (Phi) is 4.61. The molecule has 1 saturated carbocycles. The largest absolute Gasteiger partial charge is 0.393 e. The quantitative estimate of drug-likeness (QED) is 0.861. The number of nitrogens with zero attached hydrogens (tertiary/aromatic N) is 1. The molecule has 1 aliphatic carbocycles. The van der Waals surface area contributed by atoms with Gasteiger partial charge in [-0.3, -0.25) is 4.79 Å². The van der Waals surface area contributed by atoms with Crippen molar-refractivity contribution in [2.45, 2.75) is 18.9 Å². The van der Waals surface area contributed by atoms with Gasteiger partial charge in [0.05, 0.1) is 6.10 Å². The van der Waals surface area contributed by atoms with Crippen LogP contribution in [0.4, 0.5) is 0 Å². The average molecular weight is 280 g/mol. The molecule has 0 spiro atoms. The summed E-state index contributed by atoms with van der Waals surface area (Å²) in [6.45, 7) is 0.704. The van der Waals surface area contributed by atoms with Crippen molar-refractivity contribution in [2.24, 2.45) is 5.92 Å². The molecular weight excluding hydrogens is 262 g/mol. The van der Waals surface area contributed by atoms with Crippen LogP contribution in [-0.4, -0.2) is 35.6 Å². The average Bonchev–Trinajstić information content (AvgIpc) is 2.34. The van der Waals surface area contributed by atoms with Crippen molar-refractivity contribution in [1.82, 2.24) is 4.90 Å². The van der Waals surface area contributed by atoms with Crippen molar-refractivity contribution in [2.75, 3.05) is 13.6 Å². The van der Waals surface area contributed by atoms with Crippen LogP contribution in [0.2, 0.25) is 5.02 Å². The van der Waals surface area contributed by atoms with Gasteiger partial charge in [-0.2, -0.15) is 0 Å². The van der Waals surface area contributed by atoms with E-state index in [9.17, 15) is 9.90 Å². The normalized spacial score (nSPS) is 22.3. The molecular formula is C15H18ClNO2. The number of aliphatic hydroxyl groups excluding tert-OH is 1. The van der Waals surface area contributed by atoms with E-state index in [0.717, 1.165) is 18.4 Å². The fourth-order valence-electron chi connectivity index (χ4n) is 2.23. The molecule has 0 aromatic heterocycles. The third-order valence-corrected chi connectivity index (χ3v) is 3.62. The zero-order valence-corrected chi connectivity index (χ0v) is 11.7. The van der Waals surface area contributed by atoms with Crippen molar-refractivity contribution in [3.8, 4) is 0 Å². The maximum absolute atomic E-state index is 11.9. The van der Waals surface area contributed by atoms with Crippen LogP contribution in [0.15, 0.2) is 30.3 Å². The van der Waals surface area contributed by atoms with E-state index < -0.39 is 0 Å². The number of likely N-dealkylation sites (N-methyl/N-ethyl adjacent to an activating group) is 1. The highest BCUT2D eigenvalue weighted by Crippen LogP contribution is 2.27. The van der Waals surface area contributed by atoms with Crippen molar-refractivity contribution in [3.63, 3.8) is 0 Å². The summed E-state index contributed by atoms with van der Waals surface area (Å²) < 4.78 is 0. The molecule has 0 radical (unpaired) electrons. The van der Waals surface area contributed by atoms with Gasteiger partial charge in [0.25, 0.3) is 0 Å². The second-order valence-electron chi connectivity index (χ2n) is 5.10. The molecule has 1 aromatic rings. The lowest BCUT2D eigenvalue weighted by molar-refractivity contribution is -0.126. The third kappa shape index (κ3) is 4.08. The zero-order chi connectivity index (χ0) is 13.8. The molecule has 0 atom stereocenters. The van der Waals surface area contributed by atoms with E-state index in [1.165, 1.54) is 0 Å². The van der Waals surface area contributed by atoms with Crippen LogP contribution in [0, 0.1) is 5.92 Å². The summed E-state index contributed by atoms with van der Waals surface area (Å²) in [5.74, 6) is 0.407. The zero-order valence-electron chi connectivity index (χ0n) is 10.9. The summed E-state index contributed by atoms with van der Waals surface area (Å²) in [4.78, 5) is 13.6. The summed E-state index contributed by atoms with van der Waals surface area (Å²) in [7, 11) is 1.79. The van der Waals surface area contributed by atoms with Gasteiger partial charge in [0.2, 0.25) is 5.91 Å². The van der Waals surface area contributed by atoms with Crippen LogP contribution in [0.3, 0.4) is 0 Å². The van der Waals surface area contributed by atoms with E-state index in [4.69, 9.17) is 11.6 Å². The molecule has 2 rings (SSSR count). The van der Waals surface area contributed by atoms with Crippen LogP contribution < -0.4 is 0 Å². The molecule has 0 bridgehead atoms. The predicted molar refractivity (Wildman–Crippen MR) is 76.9 cm³/mol. The van der Waals surface area contributed by atoms with Crippen LogP contribution in [0.25, 0.3) is 6.08 Å². The minimum Gasteiger partial charge on any atom is -0.393 e. The van der Waals surface area contributed by atoms with Gasteiger partial charge in [-0.15, -0.1) is 0 Å². The lowest BCUT2D eigenvalue weighted by atomic mass is 9.82. The molecule has 0 heterocycles. The number of rotatable bonds is 4. The minimum atomic E-state index is -0.171. The second-order valence-corrected chi connectivity index (χ2v) is 5.53. The molecule has 3 nitrogen and oxygen atoms in total. The molecule has 0 aliphatic heterocycles. The topological polar surface area (TPSA) is 40.5 Å². The van der Waals surface area contributed by atoms with E-state index in [2.05, 4.69) is 0 Å². The first-order valence-electron chi connectivity index (χ1n) is 6.41. The number of hydrogen-bond acceptors (Lipinski definition) is 2. The van der Waals surface area contributed by atoms with E-state index in [1.54, 1.807) is 30.2 Å². The molecule has 1 aliphatic rings. The number of aliphatic hydroxyl groups is 1. The van der Waals surface area contributed by atoms with Gasteiger partial charge in [0, 0.05) is 24.7 Å². The monoisotopic (exact) mass is 279 g/mol. The van der Waals surface area contributed by atoms with Crippen molar-refractivity contribution < 1.29 is 9.90 Å². The van der Waals surface area contributed by atoms with Crippen LogP contribution >= 0.6 is 11.6 Å². The molecule has 1 amide bonds. The number of halogens is 1. The van der Waals surface area contributed by atoms with Crippen LogP contribution in [0.5, 0.6) is 0 Å². The summed E-state index contributed by atoms with van der Waals surface area (Å²) >= 11 is 5.88. The fourth-order valence-corrected chi connectivity index (χ4v) is 2.43. The van der Waals surface area contributed by atoms with E-state index >= 15 is 0 Å². The highest BCUT2D eigenvalue weighted by molar-refractivity contribution is 6.30. The van der Waals surface area contributed by atoms with Gasteiger partial charge < -0.3 is 10.0 Å². The van der Waals surface area contributed by atoms with Gasteiger partial charge >= 0.3 is 0 Å². The van der Waals surface area contributed by atoms with Gasteiger partial charge in [-0.25, -0.2) is 0 Å². The summed E-state index contributed by atoms with van der Waals surface area (Å²) in [6.07, 6.45) is 4.75. The Morgan fingerprint density at radius 1 is 1.53 bits per heavy atom. The molecule has 19 heavy (non-hydrogen) atoms. The van der Waals surface area contributed by atoms with Gasteiger partial charge in [-0.05, 0) is 42.5 Å². The molecule has 1 N–H and O–H groups in total. The van der Waals surface area contributed by atoms with Gasteiger partial charge in [-0.1, -0.05) is 23.7 Å². The Morgan fingerprint density at radius 2 is 2.26 bits per heavy atom. The molecule has 0 saturated heterocycles. The number of hydrogen-bond donors (Lipinski definition) is 1. The maximum atomic E-state index is 11.9. The first-order chi connectivity index (χ1) is 9.04. The number of benzene rings is 1. The van der Waals surface area contributed by atoms with Crippen molar-refractivity contribution in [3.05, 3.63) is 40.9 Å². The Morgan fingerprint density at radius 3 is 2.89 bits per heavy atom. The fraction of sp³-hybridized carbons (Fsp3) is 0.400. The first-order valence-corrected chi connectivity index (χ1v) is 6.79. The Labute approximate surface area is 118 Å². The first kappa shape index (κ1) is 14.1. The molecule has 4 heteroatoms. The van der Waals surface area contributed by atoms with E-state index in [-0.39, 0.29) is 12.0 Å². The molecule has 102 valence electrons. The number of carbonyl (C=O) groups is 1. The highest BCUT2D eigenvalue weighted by atomic mass is 35.5. The lowest BCUT2D eigenvalue weighted by Crippen LogP contribution is -2.38. The summed E-state index contributed by atoms with van der Waals surface area (Å²) in [5, 5.41) is 9.88. The maximum Gasteiger partial charge on any atom is 0.246 e.